The zero-order chi connectivity index (χ0) is 22.9. The smallest absolute Gasteiger partial charge is 0.355 e. The molecule has 0 spiro atoms. The molecule has 0 bridgehead atoms. The highest BCUT2D eigenvalue weighted by Gasteiger charge is 2.23. The summed E-state index contributed by atoms with van der Waals surface area (Å²) in [5.41, 5.74) is 4.74. The topological polar surface area (TPSA) is 81.2 Å². The molecule has 2 heterocycles. The molecule has 0 atom stereocenters. The number of carbonyl (C=O) groups is 3. The summed E-state index contributed by atoms with van der Waals surface area (Å²) in [6.07, 6.45) is 0. The average molecular weight is 424 g/mol. The first kappa shape index (κ1) is 22.2. The monoisotopic (exact) mass is 424 g/mol. The Hall–Kier alpha value is -3.48. The van der Waals surface area contributed by atoms with E-state index in [9.17, 15) is 18.8 Å². The lowest BCUT2D eigenvalue weighted by Gasteiger charge is -2.10. The highest BCUT2D eigenvalue weighted by molar-refractivity contribution is 6.03. The predicted octanol–water partition coefficient (Wildman–Crippen LogP) is 4.48. The first-order chi connectivity index (χ1) is 14.6. The lowest BCUT2D eigenvalue weighted by molar-refractivity contribution is 0.0468. The molecule has 0 aliphatic heterocycles. The van der Waals surface area contributed by atoms with Gasteiger partial charge in [0.15, 0.2) is 12.4 Å². The molecule has 3 rings (SSSR count). The summed E-state index contributed by atoms with van der Waals surface area (Å²) in [4.78, 5) is 39.8. The van der Waals surface area contributed by atoms with Gasteiger partial charge >= 0.3 is 5.97 Å². The van der Waals surface area contributed by atoms with E-state index < -0.39 is 12.6 Å². The largest absolute Gasteiger partial charge is 0.453 e. The molecule has 1 aromatic carbocycles. The van der Waals surface area contributed by atoms with E-state index in [-0.39, 0.29) is 23.1 Å². The summed E-state index contributed by atoms with van der Waals surface area (Å²) in [6, 6.07) is 7.96. The third-order valence-electron chi connectivity index (χ3n) is 5.46. The van der Waals surface area contributed by atoms with Crippen molar-refractivity contribution in [2.45, 2.75) is 41.2 Å². The van der Waals surface area contributed by atoms with Crippen molar-refractivity contribution in [3.8, 4) is 0 Å². The molecule has 0 fully saturated rings. The van der Waals surface area contributed by atoms with Crippen molar-refractivity contribution >= 4 is 17.5 Å². The van der Waals surface area contributed by atoms with Crippen molar-refractivity contribution in [2.75, 3.05) is 6.61 Å². The van der Waals surface area contributed by atoms with Gasteiger partial charge in [0.05, 0.1) is 0 Å². The van der Waals surface area contributed by atoms with Crippen molar-refractivity contribution in [3.05, 3.63) is 81.2 Å². The Morgan fingerprint density at radius 1 is 1.06 bits per heavy atom. The molecule has 2 aromatic heterocycles. The highest BCUT2D eigenvalue weighted by atomic mass is 19.1. The lowest BCUT2D eigenvalue weighted by Crippen LogP contribution is -2.16. The lowest BCUT2D eigenvalue weighted by atomic mass is 10.1. The van der Waals surface area contributed by atoms with Gasteiger partial charge in [-0.05, 0) is 63.9 Å². The minimum absolute atomic E-state index is 0.144. The molecular formula is C24H25FN2O4. The number of hydrogen-bond acceptors (Lipinski definition) is 4. The second-order valence-corrected chi connectivity index (χ2v) is 7.68. The third kappa shape index (κ3) is 4.50. The molecule has 7 heteroatoms. The van der Waals surface area contributed by atoms with Crippen LogP contribution in [-0.2, 0) is 11.3 Å². The fourth-order valence-corrected chi connectivity index (χ4v) is 3.86. The molecular weight excluding hydrogens is 399 g/mol. The van der Waals surface area contributed by atoms with Crippen LogP contribution in [0.25, 0.3) is 0 Å². The zero-order valence-corrected chi connectivity index (χ0v) is 18.3. The molecule has 6 nitrogen and oxygen atoms in total. The maximum absolute atomic E-state index is 13.1. The number of Topliss-reactive ketones (excluding diaryl/α,β-unsaturated/α-hetero) is 2. The molecule has 0 unspecified atom stereocenters. The molecule has 3 aromatic rings. The maximum Gasteiger partial charge on any atom is 0.355 e. The predicted molar refractivity (Wildman–Crippen MR) is 114 cm³/mol. The summed E-state index contributed by atoms with van der Waals surface area (Å²) >= 11 is 0. The zero-order valence-electron chi connectivity index (χ0n) is 18.3. The molecule has 0 aliphatic carbocycles. The number of ketones is 2. The summed E-state index contributed by atoms with van der Waals surface area (Å²) in [6.45, 7) is 8.61. The van der Waals surface area contributed by atoms with Crippen LogP contribution in [0.3, 0.4) is 0 Å². The number of aromatic nitrogens is 2. The second-order valence-electron chi connectivity index (χ2n) is 7.68. The molecule has 31 heavy (non-hydrogen) atoms. The van der Waals surface area contributed by atoms with Gasteiger partial charge < -0.3 is 14.3 Å². The van der Waals surface area contributed by atoms with Gasteiger partial charge in [0.1, 0.15) is 11.5 Å². The highest BCUT2D eigenvalue weighted by Crippen LogP contribution is 2.21. The summed E-state index contributed by atoms with van der Waals surface area (Å²) in [5.74, 6) is -1.44. The van der Waals surface area contributed by atoms with Crippen LogP contribution >= 0.6 is 0 Å². The summed E-state index contributed by atoms with van der Waals surface area (Å²) in [5, 5.41) is 0. The third-order valence-corrected chi connectivity index (χ3v) is 5.46. The van der Waals surface area contributed by atoms with Crippen molar-refractivity contribution in [2.24, 2.45) is 0 Å². The van der Waals surface area contributed by atoms with Crippen LogP contribution in [0.4, 0.5) is 4.39 Å². The van der Waals surface area contributed by atoms with Gasteiger partial charge in [-0.3, -0.25) is 9.59 Å². The van der Waals surface area contributed by atoms with E-state index in [0.717, 1.165) is 17.0 Å². The number of aromatic amines is 1. The minimum Gasteiger partial charge on any atom is -0.453 e. The Bertz CT molecular complexity index is 1170. The Kier molecular flexibility index (Phi) is 6.24. The number of rotatable bonds is 7. The molecule has 0 amide bonds. The number of nitrogens with zero attached hydrogens (tertiary/aromatic N) is 1. The number of ether oxygens (including phenoxy) is 1. The van der Waals surface area contributed by atoms with Gasteiger partial charge in [0, 0.05) is 34.8 Å². The normalized spacial score (nSPS) is 10.9. The molecule has 0 aliphatic rings. The van der Waals surface area contributed by atoms with Gasteiger partial charge in [0.2, 0.25) is 5.78 Å². The second kappa shape index (κ2) is 8.71. The van der Waals surface area contributed by atoms with Gasteiger partial charge in [-0.1, -0.05) is 12.1 Å². The van der Waals surface area contributed by atoms with E-state index in [2.05, 4.69) is 4.98 Å². The first-order valence-electron chi connectivity index (χ1n) is 9.91. The summed E-state index contributed by atoms with van der Waals surface area (Å²) < 4.78 is 20.3. The van der Waals surface area contributed by atoms with Crippen molar-refractivity contribution in [1.29, 1.82) is 0 Å². The van der Waals surface area contributed by atoms with Crippen molar-refractivity contribution in [3.63, 3.8) is 0 Å². The van der Waals surface area contributed by atoms with E-state index in [1.807, 2.05) is 18.4 Å². The van der Waals surface area contributed by atoms with Crippen LogP contribution in [0.5, 0.6) is 0 Å². The van der Waals surface area contributed by atoms with Crippen LogP contribution in [0.1, 0.15) is 66.3 Å². The molecule has 0 saturated carbocycles. The molecule has 0 radical (unpaired) electrons. The number of carbonyl (C=O) groups excluding carboxylic acids is 3. The number of halogens is 1. The standard InChI is InChI=1S/C24H25FN2O4/c1-13-10-20(16(4)27(13)11-18-6-8-19(25)9-7-18)21(29)12-31-24(30)23-14(2)22(17(5)28)15(3)26-23/h6-10,26H,11-12H2,1-5H3. The van der Waals surface area contributed by atoms with E-state index in [1.54, 1.807) is 32.0 Å². The van der Waals surface area contributed by atoms with E-state index in [1.165, 1.54) is 19.1 Å². The van der Waals surface area contributed by atoms with Crippen LogP contribution in [0.2, 0.25) is 0 Å². The quantitative estimate of drug-likeness (QED) is 0.448. The Morgan fingerprint density at radius 3 is 2.29 bits per heavy atom. The Labute approximate surface area is 180 Å². The first-order valence-corrected chi connectivity index (χ1v) is 9.91. The van der Waals surface area contributed by atoms with Gasteiger partial charge in [0.25, 0.3) is 0 Å². The van der Waals surface area contributed by atoms with Gasteiger partial charge in [-0.25, -0.2) is 9.18 Å². The van der Waals surface area contributed by atoms with Crippen molar-refractivity contribution in [1.82, 2.24) is 9.55 Å². The number of hydrogen-bond donors (Lipinski definition) is 1. The van der Waals surface area contributed by atoms with E-state index in [4.69, 9.17) is 4.74 Å². The van der Waals surface area contributed by atoms with Crippen LogP contribution in [0, 0.1) is 33.5 Å². The number of aryl methyl sites for hydroxylation is 2. The fraction of sp³-hybridized carbons (Fsp3) is 0.292. The van der Waals surface area contributed by atoms with Crippen LogP contribution < -0.4 is 0 Å². The van der Waals surface area contributed by atoms with E-state index >= 15 is 0 Å². The van der Waals surface area contributed by atoms with E-state index in [0.29, 0.717) is 28.9 Å². The number of H-pyrrole nitrogens is 1. The fourth-order valence-electron chi connectivity index (χ4n) is 3.86. The van der Waals surface area contributed by atoms with Crippen molar-refractivity contribution < 1.29 is 23.5 Å². The molecule has 162 valence electrons. The average Bonchev–Trinajstić information content (AvgIpc) is 3.17. The van der Waals surface area contributed by atoms with Gasteiger partial charge in [-0.15, -0.1) is 0 Å². The minimum atomic E-state index is -0.679. The van der Waals surface area contributed by atoms with Crippen LogP contribution in [-0.4, -0.2) is 33.7 Å². The summed E-state index contributed by atoms with van der Waals surface area (Å²) in [7, 11) is 0. The SMILES string of the molecule is CC(=O)c1c(C)[nH]c(C(=O)OCC(=O)c2cc(C)n(Cc3ccc(F)cc3)c2C)c1C. The molecule has 0 saturated heterocycles. The number of nitrogens with one attached hydrogen (secondary N) is 1. The van der Waals surface area contributed by atoms with Crippen LogP contribution in [0.15, 0.2) is 30.3 Å². The Balaban J connectivity index is 1.73. The number of esters is 1. The number of benzene rings is 1. The Morgan fingerprint density at radius 2 is 1.71 bits per heavy atom. The molecule has 1 N–H and O–H groups in total. The van der Waals surface area contributed by atoms with Gasteiger partial charge in [-0.2, -0.15) is 0 Å². The maximum atomic E-state index is 13.1.